The molecular formula is C15H20N2O. The van der Waals surface area contributed by atoms with E-state index in [9.17, 15) is 0 Å². The van der Waals surface area contributed by atoms with Crippen LogP contribution in [0, 0.1) is 6.92 Å². The van der Waals surface area contributed by atoms with Crippen LogP contribution in [0.3, 0.4) is 0 Å². The molecule has 96 valence electrons. The smallest absolute Gasteiger partial charge is 0.103 e. The van der Waals surface area contributed by atoms with E-state index in [0.717, 1.165) is 36.5 Å². The maximum atomic E-state index is 5.32. The van der Waals surface area contributed by atoms with E-state index in [1.165, 1.54) is 0 Å². The van der Waals surface area contributed by atoms with Crippen LogP contribution in [0.1, 0.15) is 30.5 Å². The summed E-state index contributed by atoms with van der Waals surface area (Å²) in [5.41, 5.74) is 2.16. The fraction of sp³-hybridized carbons (Fsp3) is 0.400. The van der Waals surface area contributed by atoms with Crippen molar-refractivity contribution < 1.29 is 4.42 Å². The Labute approximate surface area is 108 Å². The summed E-state index contributed by atoms with van der Waals surface area (Å²) in [5.74, 6) is 1.05. The Morgan fingerprint density at radius 1 is 1.28 bits per heavy atom. The van der Waals surface area contributed by atoms with Gasteiger partial charge in [-0.25, -0.2) is 0 Å². The summed E-state index contributed by atoms with van der Waals surface area (Å²) < 4.78 is 5.32. The highest BCUT2D eigenvalue weighted by molar-refractivity contribution is 5.09. The minimum atomic E-state index is 0.456. The average Bonchev–Trinajstić information content (AvgIpc) is 2.87. The normalized spacial score (nSPS) is 12.6. The predicted molar refractivity (Wildman–Crippen MR) is 72.3 cm³/mol. The van der Waals surface area contributed by atoms with E-state index in [2.05, 4.69) is 23.3 Å². The lowest BCUT2D eigenvalue weighted by Gasteiger charge is -2.12. The molecule has 2 aromatic heterocycles. The van der Waals surface area contributed by atoms with Crippen LogP contribution >= 0.6 is 0 Å². The predicted octanol–water partition coefficient (Wildman–Crippen LogP) is 3.09. The van der Waals surface area contributed by atoms with Gasteiger partial charge >= 0.3 is 0 Å². The Morgan fingerprint density at radius 2 is 2.17 bits per heavy atom. The maximum absolute atomic E-state index is 5.32. The van der Waals surface area contributed by atoms with Crippen LogP contribution in [0.5, 0.6) is 0 Å². The lowest BCUT2D eigenvalue weighted by atomic mass is 10.1. The zero-order valence-corrected chi connectivity index (χ0v) is 11.0. The van der Waals surface area contributed by atoms with Gasteiger partial charge in [-0.1, -0.05) is 6.07 Å². The Hall–Kier alpha value is -1.61. The van der Waals surface area contributed by atoms with E-state index in [1.54, 1.807) is 6.26 Å². The summed E-state index contributed by atoms with van der Waals surface area (Å²) in [6.45, 7) is 5.03. The molecule has 2 heterocycles. The van der Waals surface area contributed by atoms with E-state index in [-0.39, 0.29) is 0 Å². The summed E-state index contributed by atoms with van der Waals surface area (Å²) in [6, 6.07) is 10.5. The van der Waals surface area contributed by atoms with E-state index in [4.69, 9.17) is 4.42 Å². The van der Waals surface area contributed by atoms with Gasteiger partial charge in [0.1, 0.15) is 5.76 Å². The molecule has 3 nitrogen and oxygen atoms in total. The lowest BCUT2D eigenvalue weighted by Crippen LogP contribution is -2.26. The standard InChI is InChI=1S/C15H20N2O/c1-12(8-9-15-7-4-10-18-15)16-11-14-6-3-5-13(2)17-14/h3-7,10,12,16H,8-9,11H2,1-2H3. The van der Waals surface area contributed by atoms with Crippen molar-refractivity contribution in [3.05, 3.63) is 53.7 Å². The number of aryl methyl sites for hydroxylation is 2. The zero-order valence-electron chi connectivity index (χ0n) is 11.0. The van der Waals surface area contributed by atoms with Gasteiger partial charge in [0.15, 0.2) is 0 Å². The van der Waals surface area contributed by atoms with E-state index >= 15 is 0 Å². The van der Waals surface area contributed by atoms with E-state index in [0.29, 0.717) is 6.04 Å². The molecule has 1 atom stereocenters. The fourth-order valence-electron chi connectivity index (χ4n) is 1.89. The van der Waals surface area contributed by atoms with Crippen LogP contribution in [0.15, 0.2) is 41.0 Å². The SMILES string of the molecule is Cc1cccc(CNC(C)CCc2ccco2)n1. The molecule has 3 heteroatoms. The molecule has 0 saturated carbocycles. The highest BCUT2D eigenvalue weighted by atomic mass is 16.3. The van der Waals surface area contributed by atoms with Crippen molar-refractivity contribution in [2.24, 2.45) is 0 Å². The molecule has 0 aliphatic carbocycles. The lowest BCUT2D eigenvalue weighted by molar-refractivity contribution is 0.458. The number of aromatic nitrogens is 1. The second kappa shape index (κ2) is 6.36. The van der Waals surface area contributed by atoms with E-state index < -0.39 is 0 Å². The Kier molecular flexibility index (Phi) is 4.53. The van der Waals surface area contributed by atoms with Gasteiger partial charge in [0.05, 0.1) is 12.0 Å². The van der Waals surface area contributed by atoms with E-state index in [1.807, 2.05) is 31.2 Å². The number of rotatable bonds is 6. The van der Waals surface area contributed by atoms with Crippen molar-refractivity contribution in [1.29, 1.82) is 0 Å². The molecule has 0 aliphatic heterocycles. The summed E-state index contributed by atoms with van der Waals surface area (Å²) in [6.07, 6.45) is 3.77. The van der Waals surface area contributed by atoms with Crippen LogP contribution in [-0.4, -0.2) is 11.0 Å². The van der Waals surface area contributed by atoms with Gasteiger partial charge in [0, 0.05) is 24.7 Å². The van der Waals surface area contributed by atoms with Gasteiger partial charge in [0.25, 0.3) is 0 Å². The van der Waals surface area contributed by atoms with Crippen LogP contribution < -0.4 is 5.32 Å². The third-order valence-corrected chi connectivity index (χ3v) is 2.98. The van der Waals surface area contributed by atoms with Crippen LogP contribution in [-0.2, 0) is 13.0 Å². The molecule has 2 aromatic rings. The molecule has 0 aromatic carbocycles. The number of nitrogens with one attached hydrogen (secondary N) is 1. The molecule has 1 unspecified atom stereocenters. The number of nitrogens with zero attached hydrogens (tertiary/aromatic N) is 1. The van der Waals surface area contributed by atoms with Gasteiger partial charge in [0.2, 0.25) is 0 Å². The molecular weight excluding hydrogens is 224 g/mol. The first-order valence-electron chi connectivity index (χ1n) is 6.42. The van der Waals surface area contributed by atoms with Crippen molar-refractivity contribution in [3.8, 4) is 0 Å². The van der Waals surface area contributed by atoms with Gasteiger partial charge < -0.3 is 9.73 Å². The molecule has 2 rings (SSSR count). The third kappa shape index (κ3) is 4.00. The Bertz CT molecular complexity index is 465. The first-order chi connectivity index (χ1) is 8.74. The second-order valence-electron chi connectivity index (χ2n) is 4.67. The van der Waals surface area contributed by atoms with Crippen molar-refractivity contribution in [3.63, 3.8) is 0 Å². The van der Waals surface area contributed by atoms with Gasteiger partial charge in [-0.3, -0.25) is 4.98 Å². The third-order valence-electron chi connectivity index (χ3n) is 2.98. The Balaban J connectivity index is 1.73. The van der Waals surface area contributed by atoms with Gasteiger partial charge in [-0.2, -0.15) is 0 Å². The summed E-state index contributed by atoms with van der Waals surface area (Å²) >= 11 is 0. The summed E-state index contributed by atoms with van der Waals surface area (Å²) in [7, 11) is 0. The maximum Gasteiger partial charge on any atom is 0.103 e. The molecule has 18 heavy (non-hydrogen) atoms. The number of hydrogen-bond donors (Lipinski definition) is 1. The quantitative estimate of drug-likeness (QED) is 0.848. The highest BCUT2D eigenvalue weighted by Gasteiger charge is 2.04. The topological polar surface area (TPSA) is 38.1 Å². The van der Waals surface area contributed by atoms with Gasteiger partial charge in [-0.15, -0.1) is 0 Å². The zero-order chi connectivity index (χ0) is 12.8. The molecule has 0 bridgehead atoms. The number of hydrogen-bond acceptors (Lipinski definition) is 3. The molecule has 1 N–H and O–H groups in total. The van der Waals surface area contributed by atoms with Crippen molar-refractivity contribution in [2.75, 3.05) is 0 Å². The average molecular weight is 244 g/mol. The van der Waals surface area contributed by atoms with Crippen LogP contribution in [0.2, 0.25) is 0 Å². The van der Waals surface area contributed by atoms with Crippen molar-refractivity contribution in [2.45, 2.75) is 39.3 Å². The van der Waals surface area contributed by atoms with Crippen molar-refractivity contribution in [1.82, 2.24) is 10.3 Å². The first kappa shape index (κ1) is 12.8. The minimum Gasteiger partial charge on any atom is -0.469 e. The fourth-order valence-corrected chi connectivity index (χ4v) is 1.89. The largest absolute Gasteiger partial charge is 0.469 e. The summed E-state index contributed by atoms with van der Waals surface area (Å²) in [5, 5.41) is 3.48. The van der Waals surface area contributed by atoms with Crippen molar-refractivity contribution >= 4 is 0 Å². The summed E-state index contributed by atoms with van der Waals surface area (Å²) in [4.78, 5) is 4.47. The molecule has 0 radical (unpaired) electrons. The molecule has 0 amide bonds. The van der Waals surface area contributed by atoms with Crippen LogP contribution in [0.4, 0.5) is 0 Å². The number of furan rings is 1. The number of pyridine rings is 1. The second-order valence-corrected chi connectivity index (χ2v) is 4.67. The monoisotopic (exact) mass is 244 g/mol. The first-order valence-corrected chi connectivity index (χ1v) is 6.42. The Morgan fingerprint density at radius 3 is 2.89 bits per heavy atom. The van der Waals surface area contributed by atoms with Crippen LogP contribution in [0.25, 0.3) is 0 Å². The highest BCUT2D eigenvalue weighted by Crippen LogP contribution is 2.06. The molecule has 0 saturated heterocycles. The molecule has 0 aliphatic rings. The molecule has 0 spiro atoms. The minimum absolute atomic E-state index is 0.456. The van der Waals surface area contributed by atoms with Gasteiger partial charge in [-0.05, 0) is 44.5 Å². The molecule has 0 fully saturated rings.